The lowest BCUT2D eigenvalue weighted by Crippen LogP contribution is -2.44. The van der Waals surface area contributed by atoms with Crippen LogP contribution in [0.3, 0.4) is 0 Å². The Kier molecular flexibility index (Phi) is 2.96. The van der Waals surface area contributed by atoms with Crippen LogP contribution in [0.5, 0.6) is 0 Å². The zero-order chi connectivity index (χ0) is 12.9. The Bertz CT molecular complexity index is 456. The molecule has 2 saturated carbocycles. The summed E-state index contributed by atoms with van der Waals surface area (Å²) < 4.78 is 0. The van der Waals surface area contributed by atoms with E-state index in [0.29, 0.717) is 0 Å². The first-order chi connectivity index (χ1) is 9.31. The van der Waals surface area contributed by atoms with Crippen LogP contribution < -0.4 is 5.32 Å². The fourth-order valence-corrected chi connectivity index (χ4v) is 5.60. The molecule has 1 heterocycles. The van der Waals surface area contributed by atoms with Crippen LogP contribution in [-0.4, -0.2) is 12.0 Å². The number of aryl methyl sites for hydroxylation is 2. The molecule has 2 unspecified atom stereocenters. The topological polar surface area (TPSA) is 24.9 Å². The number of aromatic nitrogens is 1. The van der Waals surface area contributed by atoms with Crippen LogP contribution >= 0.6 is 11.3 Å². The van der Waals surface area contributed by atoms with E-state index < -0.39 is 0 Å². The first kappa shape index (κ1) is 12.3. The minimum Gasteiger partial charge on any atom is -0.308 e. The van der Waals surface area contributed by atoms with Gasteiger partial charge in [-0.15, -0.1) is 11.3 Å². The number of nitrogens with one attached hydrogen (secondary N) is 1. The van der Waals surface area contributed by atoms with Gasteiger partial charge < -0.3 is 5.32 Å². The molecule has 0 aromatic carbocycles. The molecule has 1 aromatic heterocycles. The number of hydrogen-bond acceptors (Lipinski definition) is 3. The highest BCUT2D eigenvalue weighted by Gasteiger charge is 2.44. The lowest BCUT2D eigenvalue weighted by molar-refractivity contribution is 0.173. The van der Waals surface area contributed by atoms with Gasteiger partial charge in [0.1, 0.15) is 5.01 Å². The van der Waals surface area contributed by atoms with Crippen LogP contribution in [0.1, 0.15) is 60.5 Å². The molecule has 4 rings (SSSR count). The number of nitrogens with zero attached hydrogens (tertiary/aromatic N) is 1. The zero-order valence-corrected chi connectivity index (χ0v) is 12.7. The summed E-state index contributed by atoms with van der Waals surface area (Å²) in [7, 11) is 2.15. The molecule has 2 atom stereocenters. The summed E-state index contributed by atoms with van der Waals surface area (Å²) in [6.45, 7) is 0. The number of thiazole rings is 1. The second-order valence-corrected chi connectivity index (χ2v) is 7.85. The average molecular weight is 276 g/mol. The van der Waals surface area contributed by atoms with Gasteiger partial charge in [-0.3, -0.25) is 0 Å². The monoisotopic (exact) mass is 276 g/mol. The van der Waals surface area contributed by atoms with E-state index >= 15 is 0 Å². The summed E-state index contributed by atoms with van der Waals surface area (Å²) in [5.41, 5.74) is 1.63. The molecular formula is C16H24N2S. The second-order valence-electron chi connectivity index (χ2n) is 6.77. The Morgan fingerprint density at radius 3 is 2.79 bits per heavy atom. The zero-order valence-electron chi connectivity index (χ0n) is 11.9. The van der Waals surface area contributed by atoms with E-state index in [4.69, 9.17) is 4.98 Å². The molecular weight excluding hydrogens is 252 g/mol. The van der Waals surface area contributed by atoms with Crippen molar-refractivity contribution in [1.82, 2.24) is 10.3 Å². The van der Waals surface area contributed by atoms with Gasteiger partial charge >= 0.3 is 0 Å². The predicted molar refractivity (Wildman–Crippen MR) is 79.6 cm³/mol. The molecule has 0 radical (unpaired) electrons. The van der Waals surface area contributed by atoms with E-state index in [-0.39, 0.29) is 5.54 Å². The summed E-state index contributed by atoms with van der Waals surface area (Å²) in [5.74, 6) is 2.00. The van der Waals surface area contributed by atoms with Crippen LogP contribution in [0.15, 0.2) is 0 Å². The molecule has 0 spiro atoms. The molecule has 0 aliphatic heterocycles. The highest BCUT2D eigenvalue weighted by molar-refractivity contribution is 7.12. The number of hydrogen-bond donors (Lipinski definition) is 1. The summed E-state index contributed by atoms with van der Waals surface area (Å²) in [6, 6.07) is 0. The quantitative estimate of drug-likeness (QED) is 0.911. The van der Waals surface area contributed by atoms with Gasteiger partial charge in [-0.05, 0) is 63.8 Å². The maximum atomic E-state index is 5.03. The molecule has 0 bridgehead atoms. The fraction of sp³-hybridized carbons (Fsp3) is 0.812. The Morgan fingerprint density at radius 1 is 1.16 bits per heavy atom. The molecule has 1 N–H and O–H groups in total. The van der Waals surface area contributed by atoms with Crippen molar-refractivity contribution in [2.75, 3.05) is 7.05 Å². The molecule has 1 aromatic rings. The SMILES string of the molecule is CNC1(c2nc3c(s2)CCC3)CCCC(C2CC2)C1. The smallest absolute Gasteiger partial charge is 0.113 e. The third kappa shape index (κ3) is 2.06. The van der Waals surface area contributed by atoms with Crippen LogP contribution in [-0.2, 0) is 18.4 Å². The lowest BCUT2D eigenvalue weighted by atomic mass is 9.74. The number of rotatable bonds is 3. The van der Waals surface area contributed by atoms with Gasteiger partial charge in [0.15, 0.2) is 0 Å². The molecule has 19 heavy (non-hydrogen) atoms. The Hall–Kier alpha value is -0.410. The van der Waals surface area contributed by atoms with Crippen LogP contribution in [0.2, 0.25) is 0 Å². The first-order valence-corrected chi connectivity index (χ1v) is 8.80. The van der Waals surface area contributed by atoms with Crippen LogP contribution in [0, 0.1) is 11.8 Å². The summed E-state index contributed by atoms with van der Waals surface area (Å²) in [6.07, 6.45) is 12.3. The Labute approximate surface area is 120 Å². The lowest BCUT2D eigenvalue weighted by Gasteiger charge is -2.39. The van der Waals surface area contributed by atoms with E-state index in [1.54, 1.807) is 4.88 Å². The van der Waals surface area contributed by atoms with E-state index in [9.17, 15) is 0 Å². The molecule has 104 valence electrons. The van der Waals surface area contributed by atoms with E-state index in [0.717, 1.165) is 11.8 Å². The third-order valence-corrected chi connectivity index (χ3v) is 6.92. The molecule has 3 aliphatic carbocycles. The average Bonchev–Trinajstić information content (AvgIpc) is 3.06. The van der Waals surface area contributed by atoms with E-state index in [1.165, 1.54) is 68.5 Å². The minimum absolute atomic E-state index is 0.209. The van der Waals surface area contributed by atoms with Crippen molar-refractivity contribution in [3.05, 3.63) is 15.6 Å². The Balaban J connectivity index is 1.63. The van der Waals surface area contributed by atoms with Crippen molar-refractivity contribution in [3.8, 4) is 0 Å². The molecule has 0 amide bonds. The van der Waals surface area contributed by atoms with Gasteiger partial charge in [0.25, 0.3) is 0 Å². The van der Waals surface area contributed by atoms with Crippen LogP contribution in [0.4, 0.5) is 0 Å². The maximum absolute atomic E-state index is 5.03. The van der Waals surface area contributed by atoms with Crippen LogP contribution in [0.25, 0.3) is 0 Å². The molecule has 3 aliphatic rings. The normalized spacial score (nSPS) is 34.5. The minimum atomic E-state index is 0.209. The summed E-state index contributed by atoms with van der Waals surface area (Å²) >= 11 is 2.01. The van der Waals surface area contributed by atoms with Crippen molar-refractivity contribution in [1.29, 1.82) is 0 Å². The number of fused-ring (bicyclic) bond motifs is 1. The fourth-order valence-electron chi connectivity index (χ4n) is 4.21. The summed E-state index contributed by atoms with van der Waals surface area (Å²) in [4.78, 5) is 6.61. The van der Waals surface area contributed by atoms with Crippen molar-refractivity contribution >= 4 is 11.3 Å². The molecule has 2 fully saturated rings. The summed E-state index contributed by atoms with van der Waals surface area (Å²) in [5, 5.41) is 5.09. The van der Waals surface area contributed by atoms with Gasteiger partial charge in [0.2, 0.25) is 0 Å². The largest absolute Gasteiger partial charge is 0.308 e. The third-order valence-electron chi connectivity index (χ3n) is 5.56. The Morgan fingerprint density at radius 2 is 2.05 bits per heavy atom. The van der Waals surface area contributed by atoms with E-state index in [2.05, 4.69) is 12.4 Å². The van der Waals surface area contributed by atoms with Crippen molar-refractivity contribution in [2.24, 2.45) is 11.8 Å². The molecule has 3 heteroatoms. The molecule has 0 saturated heterocycles. The van der Waals surface area contributed by atoms with Gasteiger partial charge in [-0.1, -0.05) is 12.8 Å². The van der Waals surface area contributed by atoms with Gasteiger partial charge in [-0.2, -0.15) is 0 Å². The second kappa shape index (κ2) is 4.56. The molecule has 2 nitrogen and oxygen atoms in total. The van der Waals surface area contributed by atoms with Gasteiger partial charge in [0, 0.05) is 4.88 Å². The standard InChI is InChI=1S/C16H24N2S/c1-17-16(9-3-4-12(10-16)11-7-8-11)15-18-13-5-2-6-14(13)19-15/h11-12,17H,2-10H2,1H3. The van der Waals surface area contributed by atoms with E-state index in [1.807, 2.05) is 11.3 Å². The predicted octanol–water partition coefficient (Wildman–Crippen LogP) is 3.65. The highest BCUT2D eigenvalue weighted by atomic mass is 32.1. The highest BCUT2D eigenvalue weighted by Crippen LogP contribution is 2.50. The van der Waals surface area contributed by atoms with Crippen molar-refractivity contribution in [2.45, 2.75) is 63.3 Å². The van der Waals surface area contributed by atoms with Crippen molar-refractivity contribution < 1.29 is 0 Å². The maximum Gasteiger partial charge on any atom is 0.113 e. The van der Waals surface area contributed by atoms with Crippen molar-refractivity contribution in [3.63, 3.8) is 0 Å². The van der Waals surface area contributed by atoms with Gasteiger partial charge in [-0.25, -0.2) is 4.98 Å². The first-order valence-electron chi connectivity index (χ1n) is 7.99. The van der Waals surface area contributed by atoms with Gasteiger partial charge in [0.05, 0.1) is 11.2 Å².